The summed E-state index contributed by atoms with van der Waals surface area (Å²) >= 11 is 0. The van der Waals surface area contributed by atoms with Crippen molar-refractivity contribution in [2.45, 2.75) is 32.4 Å². The fraction of sp³-hybridized carbons (Fsp3) is 0.500. The molecule has 0 spiro atoms. The first-order chi connectivity index (χ1) is 11.2. The van der Waals surface area contributed by atoms with Crippen LogP contribution in [0, 0.1) is 5.92 Å². The Kier molecular flexibility index (Phi) is 4.66. The van der Waals surface area contributed by atoms with Gasteiger partial charge in [-0.15, -0.1) is 0 Å². The van der Waals surface area contributed by atoms with E-state index in [-0.39, 0.29) is 17.9 Å². The fourth-order valence-electron chi connectivity index (χ4n) is 2.95. The third-order valence-corrected chi connectivity index (χ3v) is 4.17. The predicted octanol–water partition coefficient (Wildman–Crippen LogP) is 1.82. The normalized spacial score (nSPS) is 21.1. The molecule has 2 atom stereocenters. The number of nitrogens with zero attached hydrogens (tertiary/aromatic N) is 5. The molecule has 1 amide bonds. The number of imidazole rings is 1. The van der Waals surface area contributed by atoms with Crippen LogP contribution in [0.3, 0.4) is 0 Å². The second-order valence-corrected chi connectivity index (χ2v) is 5.56. The van der Waals surface area contributed by atoms with Crippen molar-refractivity contribution in [3.8, 4) is 0 Å². The number of aromatic nitrogens is 4. The van der Waals surface area contributed by atoms with E-state index in [0.717, 1.165) is 25.2 Å². The van der Waals surface area contributed by atoms with Gasteiger partial charge in [-0.2, -0.15) is 0 Å². The van der Waals surface area contributed by atoms with Gasteiger partial charge >= 0.3 is 0 Å². The molecule has 3 rings (SSSR count). The second kappa shape index (κ2) is 6.87. The fourth-order valence-corrected chi connectivity index (χ4v) is 2.95. The van der Waals surface area contributed by atoms with Gasteiger partial charge in [0.05, 0.1) is 5.92 Å². The largest absolute Gasteiger partial charge is 0.369 e. The van der Waals surface area contributed by atoms with Crippen molar-refractivity contribution in [2.24, 2.45) is 5.92 Å². The van der Waals surface area contributed by atoms with Crippen LogP contribution >= 0.6 is 0 Å². The molecule has 0 unspecified atom stereocenters. The third kappa shape index (κ3) is 3.10. The monoisotopic (exact) mass is 315 g/mol. The molecule has 0 radical (unpaired) electrons. The molecule has 0 aromatic carbocycles. The number of hydrogen-bond acceptors (Lipinski definition) is 5. The van der Waals surface area contributed by atoms with E-state index in [2.05, 4.69) is 21.9 Å². The molecular weight excluding hydrogens is 294 g/mol. The predicted molar refractivity (Wildman–Crippen MR) is 84.8 cm³/mol. The van der Waals surface area contributed by atoms with Gasteiger partial charge < -0.3 is 9.30 Å². The maximum Gasteiger partial charge on any atom is 0.235 e. The Balaban J connectivity index is 1.85. The number of carbonyl (C=O) groups excluding carboxylic acids is 1. The molecule has 0 N–H and O–H groups in total. The van der Waals surface area contributed by atoms with Crippen LogP contribution in [0.5, 0.6) is 0 Å². The Bertz CT molecular complexity index is 658. The molecule has 1 saturated heterocycles. The van der Waals surface area contributed by atoms with Gasteiger partial charge in [-0.05, 0) is 25.8 Å². The quantitative estimate of drug-likeness (QED) is 0.860. The van der Waals surface area contributed by atoms with Gasteiger partial charge in [0.15, 0.2) is 0 Å². The van der Waals surface area contributed by atoms with Crippen LogP contribution in [0.2, 0.25) is 0 Å². The van der Waals surface area contributed by atoms with Crippen molar-refractivity contribution >= 4 is 11.9 Å². The molecule has 0 bridgehead atoms. The molecular formula is C16H21N5O2. The molecule has 0 saturated carbocycles. The second-order valence-electron chi connectivity index (χ2n) is 5.56. The van der Waals surface area contributed by atoms with E-state index in [1.165, 1.54) is 4.90 Å². The number of anilines is 1. The summed E-state index contributed by atoms with van der Waals surface area (Å²) in [6.07, 6.45) is 8.24. The smallest absolute Gasteiger partial charge is 0.235 e. The Labute approximate surface area is 135 Å². The van der Waals surface area contributed by atoms with Crippen molar-refractivity contribution in [3.63, 3.8) is 0 Å². The molecule has 122 valence electrons. The lowest BCUT2D eigenvalue weighted by molar-refractivity contribution is -0.132. The van der Waals surface area contributed by atoms with E-state index < -0.39 is 0 Å². The number of amides is 1. The van der Waals surface area contributed by atoms with Crippen LogP contribution in [0.25, 0.3) is 0 Å². The summed E-state index contributed by atoms with van der Waals surface area (Å²) in [5.41, 5.74) is 0. The number of carbonyl (C=O) groups is 1. The molecule has 7 heteroatoms. The van der Waals surface area contributed by atoms with Crippen LogP contribution in [0.1, 0.15) is 31.7 Å². The van der Waals surface area contributed by atoms with Crippen LogP contribution in [0.4, 0.5) is 5.95 Å². The van der Waals surface area contributed by atoms with Gasteiger partial charge in [0.2, 0.25) is 11.9 Å². The zero-order chi connectivity index (χ0) is 16.2. The zero-order valence-corrected chi connectivity index (χ0v) is 13.4. The topological polar surface area (TPSA) is 73.1 Å². The van der Waals surface area contributed by atoms with Crippen LogP contribution in [0.15, 0.2) is 30.9 Å². The van der Waals surface area contributed by atoms with E-state index in [4.69, 9.17) is 4.74 Å². The molecule has 0 aliphatic carbocycles. The summed E-state index contributed by atoms with van der Waals surface area (Å²) in [7, 11) is 1.70. The highest BCUT2D eigenvalue weighted by molar-refractivity contribution is 5.93. The summed E-state index contributed by atoms with van der Waals surface area (Å²) < 4.78 is 7.94. The summed E-state index contributed by atoms with van der Waals surface area (Å²) in [4.78, 5) is 27.1. The summed E-state index contributed by atoms with van der Waals surface area (Å²) in [6.45, 7) is 3.50. The molecule has 3 heterocycles. The zero-order valence-electron chi connectivity index (χ0n) is 13.4. The van der Waals surface area contributed by atoms with Gasteiger partial charge in [0.25, 0.3) is 0 Å². The van der Waals surface area contributed by atoms with Gasteiger partial charge in [0, 0.05) is 45.0 Å². The van der Waals surface area contributed by atoms with Crippen molar-refractivity contribution in [1.82, 2.24) is 19.5 Å². The van der Waals surface area contributed by atoms with Gasteiger partial charge in [-0.25, -0.2) is 15.0 Å². The van der Waals surface area contributed by atoms with Gasteiger partial charge in [-0.1, -0.05) is 0 Å². The molecule has 23 heavy (non-hydrogen) atoms. The SMILES string of the molecule is CCn1ccnc1[C@@H]1OCCC[C@H]1C(=O)N(C)c1ncccn1. The standard InChI is InChI=1S/C16H21N5O2/c1-3-21-10-9-17-14(21)13-12(6-4-11-23-13)15(22)20(2)16-18-7-5-8-19-16/h5,7-10,12-13H,3-4,6,11H2,1-2H3/t12-,13-/m1/s1. The Morgan fingerprint density at radius 3 is 2.87 bits per heavy atom. The minimum atomic E-state index is -0.322. The van der Waals surface area contributed by atoms with E-state index >= 15 is 0 Å². The molecule has 1 fully saturated rings. The van der Waals surface area contributed by atoms with Crippen LogP contribution in [-0.4, -0.2) is 39.1 Å². The summed E-state index contributed by atoms with van der Waals surface area (Å²) in [6, 6.07) is 1.73. The maximum atomic E-state index is 12.9. The van der Waals surface area contributed by atoms with Crippen LogP contribution < -0.4 is 4.90 Å². The van der Waals surface area contributed by atoms with E-state index in [0.29, 0.717) is 12.6 Å². The van der Waals surface area contributed by atoms with Crippen molar-refractivity contribution in [2.75, 3.05) is 18.6 Å². The lowest BCUT2D eigenvalue weighted by Gasteiger charge is -2.32. The highest BCUT2D eigenvalue weighted by Gasteiger charge is 2.37. The van der Waals surface area contributed by atoms with Crippen molar-refractivity contribution < 1.29 is 9.53 Å². The maximum absolute atomic E-state index is 12.9. The number of rotatable bonds is 4. The Hall–Kier alpha value is -2.28. The average Bonchev–Trinajstić information content (AvgIpc) is 3.10. The van der Waals surface area contributed by atoms with Gasteiger partial charge in [-0.3, -0.25) is 9.69 Å². The van der Waals surface area contributed by atoms with E-state index in [1.807, 2.05) is 10.8 Å². The van der Waals surface area contributed by atoms with Crippen molar-refractivity contribution in [1.29, 1.82) is 0 Å². The third-order valence-electron chi connectivity index (χ3n) is 4.17. The lowest BCUT2D eigenvalue weighted by Crippen LogP contribution is -2.40. The minimum absolute atomic E-state index is 0.0356. The molecule has 1 aliphatic heterocycles. The number of aryl methyl sites for hydroxylation is 1. The first-order valence-electron chi connectivity index (χ1n) is 7.89. The van der Waals surface area contributed by atoms with Crippen molar-refractivity contribution in [3.05, 3.63) is 36.7 Å². The first kappa shape index (κ1) is 15.6. The van der Waals surface area contributed by atoms with E-state index in [9.17, 15) is 4.79 Å². The number of ether oxygens (including phenoxy) is 1. The Morgan fingerprint density at radius 2 is 2.13 bits per heavy atom. The first-order valence-corrected chi connectivity index (χ1v) is 7.89. The van der Waals surface area contributed by atoms with E-state index in [1.54, 1.807) is 31.7 Å². The molecule has 2 aromatic heterocycles. The lowest BCUT2D eigenvalue weighted by atomic mass is 9.92. The number of hydrogen-bond donors (Lipinski definition) is 0. The minimum Gasteiger partial charge on any atom is -0.369 e. The molecule has 2 aromatic rings. The Morgan fingerprint density at radius 1 is 1.35 bits per heavy atom. The highest BCUT2D eigenvalue weighted by Crippen LogP contribution is 2.34. The summed E-state index contributed by atoms with van der Waals surface area (Å²) in [5.74, 6) is 0.908. The van der Waals surface area contributed by atoms with Gasteiger partial charge in [0.1, 0.15) is 11.9 Å². The molecule has 1 aliphatic rings. The molecule has 7 nitrogen and oxygen atoms in total. The summed E-state index contributed by atoms with van der Waals surface area (Å²) in [5, 5.41) is 0. The van der Waals surface area contributed by atoms with Crippen LogP contribution in [-0.2, 0) is 16.1 Å². The highest BCUT2D eigenvalue weighted by atomic mass is 16.5. The average molecular weight is 315 g/mol.